The molecule has 0 spiro atoms. The summed E-state index contributed by atoms with van der Waals surface area (Å²) in [6.45, 7) is 2.16. The molecule has 1 aromatic carbocycles. The number of rotatable bonds is 9. The first-order chi connectivity index (χ1) is 14.1. The smallest absolute Gasteiger partial charge is 0.237 e. The summed E-state index contributed by atoms with van der Waals surface area (Å²) in [6.07, 6.45) is 3.24. The molecule has 4 rings (SSSR count). The highest BCUT2D eigenvalue weighted by atomic mass is 32.2. The van der Waals surface area contributed by atoms with Gasteiger partial charge in [0.2, 0.25) is 5.89 Å². The van der Waals surface area contributed by atoms with Crippen molar-refractivity contribution in [2.75, 3.05) is 21.2 Å². The highest BCUT2D eigenvalue weighted by molar-refractivity contribution is 7.98. The molecule has 2 aromatic heterocycles. The number of hydrogen-bond acceptors (Lipinski definition) is 8. The molecule has 1 aliphatic rings. The molecular formula is C20H26N6O2S. The van der Waals surface area contributed by atoms with Gasteiger partial charge >= 0.3 is 0 Å². The average Bonchev–Trinajstić information content (AvgIpc) is 3.33. The Hall–Kier alpha value is -2.39. The lowest BCUT2D eigenvalue weighted by Gasteiger charge is -2.23. The van der Waals surface area contributed by atoms with Gasteiger partial charge in [-0.3, -0.25) is 9.47 Å². The van der Waals surface area contributed by atoms with Crippen molar-refractivity contribution in [3.8, 4) is 11.4 Å². The third-order valence-corrected chi connectivity index (χ3v) is 5.96. The van der Waals surface area contributed by atoms with Crippen LogP contribution in [0, 0.1) is 0 Å². The molecule has 1 saturated carbocycles. The lowest BCUT2D eigenvalue weighted by molar-refractivity contribution is 0.276. The number of thioether (sulfide) groups is 1. The first kappa shape index (κ1) is 19.9. The van der Waals surface area contributed by atoms with Crippen molar-refractivity contribution < 1.29 is 9.26 Å². The number of aromatic nitrogens is 5. The topological polar surface area (TPSA) is 82.1 Å². The van der Waals surface area contributed by atoms with E-state index in [1.54, 1.807) is 18.9 Å². The van der Waals surface area contributed by atoms with E-state index in [1.165, 1.54) is 0 Å². The van der Waals surface area contributed by atoms with E-state index in [1.807, 2.05) is 24.3 Å². The quantitative estimate of drug-likeness (QED) is 0.489. The van der Waals surface area contributed by atoms with Crippen LogP contribution in [0.15, 0.2) is 33.9 Å². The van der Waals surface area contributed by atoms with Gasteiger partial charge in [0.25, 0.3) is 0 Å². The molecule has 9 heteroatoms. The van der Waals surface area contributed by atoms with Gasteiger partial charge in [0.15, 0.2) is 16.8 Å². The molecular weight excluding hydrogens is 388 g/mol. The first-order valence-corrected chi connectivity index (χ1v) is 10.8. The molecule has 1 unspecified atom stereocenters. The Morgan fingerprint density at radius 3 is 2.62 bits per heavy atom. The zero-order valence-corrected chi connectivity index (χ0v) is 18.0. The van der Waals surface area contributed by atoms with Gasteiger partial charge in [-0.05, 0) is 57.6 Å². The predicted octanol–water partition coefficient (Wildman–Crippen LogP) is 3.84. The Kier molecular flexibility index (Phi) is 5.86. The minimum atomic E-state index is 0.156. The van der Waals surface area contributed by atoms with Gasteiger partial charge in [0.05, 0.1) is 18.9 Å². The number of benzene rings is 1. The summed E-state index contributed by atoms with van der Waals surface area (Å²) >= 11 is 1.55. The van der Waals surface area contributed by atoms with E-state index in [-0.39, 0.29) is 6.04 Å². The number of methoxy groups -OCH3 is 1. The van der Waals surface area contributed by atoms with Gasteiger partial charge in [0.1, 0.15) is 5.75 Å². The molecule has 0 radical (unpaired) electrons. The van der Waals surface area contributed by atoms with Gasteiger partial charge in [-0.15, -0.1) is 10.2 Å². The van der Waals surface area contributed by atoms with Crippen LogP contribution in [-0.2, 0) is 5.75 Å². The second-order valence-electron chi connectivity index (χ2n) is 7.37. The third-order valence-electron chi connectivity index (χ3n) is 5.05. The van der Waals surface area contributed by atoms with E-state index in [4.69, 9.17) is 9.26 Å². The molecule has 0 amide bonds. The van der Waals surface area contributed by atoms with Crippen LogP contribution in [0.4, 0.5) is 0 Å². The molecule has 8 nitrogen and oxygen atoms in total. The fraction of sp³-hybridized carbons (Fsp3) is 0.500. The summed E-state index contributed by atoms with van der Waals surface area (Å²) in [6, 6.07) is 8.10. The predicted molar refractivity (Wildman–Crippen MR) is 110 cm³/mol. The van der Waals surface area contributed by atoms with E-state index >= 15 is 0 Å². The maximum absolute atomic E-state index is 5.41. The highest BCUT2D eigenvalue weighted by Crippen LogP contribution is 2.38. The van der Waals surface area contributed by atoms with E-state index in [0.717, 1.165) is 47.5 Å². The first-order valence-electron chi connectivity index (χ1n) is 9.82. The van der Waals surface area contributed by atoms with Crippen LogP contribution in [0.5, 0.6) is 5.75 Å². The third kappa shape index (κ3) is 4.30. The molecule has 0 bridgehead atoms. The molecule has 2 heterocycles. The van der Waals surface area contributed by atoms with Crippen LogP contribution in [0.3, 0.4) is 0 Å². The number of nitrogens with zero attached hydrogens (tertiary/aromatic N) is 6. The molecule has 0 aliphatic heterocycles. The van der Waals surface area contributed by atoms with E-state index in [0.29, 0.717) is 17.6 Å². The fourth-order valence-corrected chi connectivity index (χ4v) is 4.10. The van der Waals surface area contributed by atoms with Crippen molar-refractivity contribution in [3.05, 3.63) is 41.8 Å². The summed E-state index contributed by atoms with van der Waals surface area (Å²) in [5, 5.41) is 13.9. The Labute approximate surface area is 174 Å². The van der Waals surface area contributed by atoms with E-state index < -0.39 is 0 Å². The average molecular weight is 415 g/mol. The highest BCUT2D eigenvalue weighted by Gasteiger charge is 2.29. The summed E-state index contributed by atoms with van der Waals surface area (Å²) in [5.41, 5.74) is 0.998. The van der Waals surface area contributed by atoms with Crippen LogP contribution < -0.4 is 4.74 Å². The SMILES string of the molecule is CCC(c1nnc(SCc2nc(C3CC3)no2)n1-c1ccc(OC)cc1)N(C)C. The van der Waals surface area contributed by atoms with E-state index in [2.05, 4.69) is 50.8 Å². The summed E-state index contributed by atoms with van der Waals surface area (Å²) < 4.78 is 12.8. The Bertz CT molecular complexity index is 948. The molecule has 0 saturated heterocycles. The van der Waals surface area contributed by atoms with Gasteiger partial charge in [0, 0.05) is 11.6 Å². The largest absolute Gasteiger partial charge is 0.497 e. The van der Waals surface area contributed by atoms with Crippen LogP contribution in [0.25, 0.3) is 5.69 Å². The van der Waals surface area contributed by atoms with Crippen molar-refractivity contribution in [1.82, 2.24) is 29.8 Å². The lowest BCUT2D eigenvalue weighted by Crippen LogP contribution is -2.22. The van der Waals surface area contributed by atoms with Crippen molar-refractivity contribution in [2.45, 2.75) is 49.1 Å². The Morgan fingerprint density at radius 1 is 1.24 bits per heavy atom. The van der Waals surface area contributed by atoms with Crippen LogP contribution in [-0.4, -0.2) is 51.0 Å². The molecule has 1 fully saturated rings. The zero-order chi connectivity index (χ0) is 20.4. The molecule has 3 aromatic rings. The van der Waals surface area contributed by atoms with Crippen LogP contribution >= 0.6 is 11.8 Å². The fourth-order valence-electron chi connectivity index (χ4n) is 3.30. The van der Waals surface area contributed by atoms with Gasteiger partial charge in [-0.1, -0.05) is 23.8 Å². The molecule has 1 atom stereocenters. The van der Waals surface area contributed by atoms with Crippen molar-refractivity contribution in [2.24, 2.45) is 0 Å². The molecule has 154 valence electrons. The van der Waals surface area contributed by atoms with Crippen molar-refractivity contribution in [1.29, 1.82) is 0 Å². The number of ether oxygens (including phenoxy) is 1. The van der Waals surface area contributed by atoms with Crippen LogP contribution in [0.2, 0.25) is 0 Å². The minimum absolute atomic E-state index is 0.156. The van der Waals surface area contributed by atoms with Crippen molar-refractivity contribution in [3.63, 3.8) is 0 Å². The van der Waals surface area contributed by atoms with Gasteiger partial charge in [-0.2, -0.15) is 4.98 Å². The van der Waals surface area contributed by atoms with Crippen LogP contribution in [0.1, 0.15) is 55.7 Å². The molecule has 29 heavy (non-hydrogen) atoms. The van der Waals surface area contributed by atoms with Crippen molar-refractivity contribution >= 4 is 11.8 Å². The summed E-state index contributed by atoms with van der Waals surface area (Å²) in [5.74, 6) is 4.23. The number of hydrogen-bond donors (Lipinski definition) is 0. The van der Waals surface area contributed by atoms with Gasteiger partial charge in [-0.25, -0.2) is 0 Å². The normalized spacial score (nSPS) is 15.1. The van der Waals surface area contributed by atoms with E-state index in [9.17, 15) is 0 Å². The summed E-state index contributed by atoms with van der Waals surface area (Å²) in [4.78, 5) is 6.68. The second kappa shape index (κ2) is 8.54. The molecule has 1 aliphatic carbocycles. The zero-order valence-electron chi connectivity index (χ0n) is 17.2. The Morgan fingerprint density at radius 2 is 2.00 bits per heavy atom. The lowest BCUT2D eigenvalue weighted by atomic mass is 10.2. The second-order valence-corrected chi connectivity index (χ2v) is 8.31. The maximum Gasteiger partial charge on any atom is 0.237 e. The summed E-state index contributed by atoms with van der Waals surface area (Å²) in [7, 11) is 5.79. The molecule has 0 N–H and O–H groups in total. The standard InChI is InChI=1S/C20H26N6O2S/c1-5-16(25(2)3)19-22-23-20(26(19)14-8-10-15(27-4)11-9-14)29-12-17-21-18(24-28-17)13-6-7-13/h8-11,13,16H,5-7,12H2,1-4H3. The Balaban J connectivity index is 1.63. The monoisotopic (exact) mass is 414 g/mol. The maximum atomic E-state index is 5.41. The minimum Gasteiger partial charge on any atom is -0.497 e. The van der Waals surface area contributed by atoms with Gasteiger partial charge < -0.3 is 9.26 Å².